The number of hydrogen-bond donors (Lipinski definition) is 0. The molecule has 0 saturated carbocycles. The van der Waals surface area contributed by atoms with Crippen LogP contribution in [0.2, 0.25) is 0 Å². The number of nitrogens with zero attached hydrogens (tertiary/aromatic N) is 2. The highest BCUT2D eigenvalue weighted by molar-refractivity contribution is 7.77. The molecule has 126 valence electrons. The Labute approximate surface area is 153 Å². The summed E-state index contributed by atoms with van der Waals surface area (Å²) in [5, 5.41) is 2.27. The summed E-state index contributed by atoms with van der Waals surface area (Å²) < 4.78 is 1.84. The molecular weight excluding hydrogens is 336 g/mol. The third kappa shape index (κ3) is 4.36. The van der Waals surface area contributed by atoms with Gasteiger partial charge in [0, 0.05) is 12.1 Å². The number of hydrogen-bond acceptors (Lipinski definition) is 4. The van der Waals surface area contributed by atoms with Gasteiger partial charge in [0.2, 0.25) is 11.8 Å². The second-order valence-corrected chi connectivity index (χ2v) is 7.86. The van der Waals surface area contributed by atoms with Crippen LogP contribution in [0.5, 0.6) is 0 Å². The summed E-state index contributed by atoms with van der Waals surface area (Å²) >= 11 is 6.85. The van der Waals surface area contributed by atoms with Crippen LogP contribution >= 0.6 is 11.3 Å². The fourth-order valence-corrected chi connectivity index (χ4v) is 3.27. The fourth-order valence-electron chi connectivity index (χ4n) is 2.28. The molecule has 1 atom stereocenters. The number of rotatable bonds is 6. The third-order valence-electron chi connectivity index (χ3n) is 3.64. The molecule has 0 bridgehead atoms. The average Bonchev–Trinajstić information content (AvgIpc) is 3.07. The monoisotopic (exact) mass is 358 g/mol. The van der Waals surface area contributed by atoms with Crippen molar-refractivity contribution in [3.63, 3.8) is 0 Å². The lowest BCUT2D eigenvalue weighted by Crippen LogP contribution is -2.47. The van der Waals surface area contributed by atoms with Gasteiger partial charge in [-0.1, -0.05) is 32.9 Å². The van der Waals surface area contributed by atoms with E-state index >= 15 is 0 Å². The van der Waals surface area contributed by atoms with Crippen molar-refractivity contribution in [1.82, 2.24) is 0 Å². The minimum absolute atomic E-state index is 0.0312. The van der Waals surface area contributed by atoms with Gasteiger partial charge in [-0.25, -0.2) is 0 Å². The maximum absolute atomic E-state index is 12.9. The van der Waals surface area contributed by atoms with Gasteiger partial charge >= 0.3 is 0 Å². The molecule has 0 aliphatic heterocycles. The van der Waals surface area contributed by atoms with E-state index in [4.69, 9.17) is 12.6 Å². The molecule has 0 N–H and O–H groups in total. The van der Waals surface area contributed by atoms with Crippen LogP contribution in [-0.2, 0) is 18.0 Å². The minimum atomic E-state index is -0.604. The highest BCUT2D eigenvalue weighted by atomic mass is 32.1. The van der Waals surface area contributed by atoms with E-state index in [1.54, 1.807) is 6.08 Å². The lowest BCUT2D eigenvalue weighted by Gasteiger charge is -2.20. The number of ketones is 1. The molecule has 0 aromatic carbocycles. The van der Waals surface area contributed by atoms with Gasteiger partial charge in [0.15, 0.2) is 12.4 Å². The molecule has 0 saturated heterocycles. The van der Waals surface area contributed by atoms with Crippen molar-refractivity contribution in [2.24, 2.45) is 4.99 Å². The van der Waals surface area contributed by atoms with Crippen molar-refractivity contribution < 1.29 is 9.36 Å². The predicted molar refractivity (Wildman–Crippen MR) is 103 cm³/mol. The summed E-state index contributed by atoms with van der Waals surface area (Å²) in [6.07, 6.45) is 5.49. The summed E-state index contributed by atoms with van der Waals surface area (Å²) in [4.78, 5) is 17.9. The Morgan fingerprint density at radius 1 is 1.38 bits per heavy atom. The van der Waals surface area contributed by atoms with E-state index in [-0.39, 0.29) is 11.2 Å². The van der Waals surface area contributed by atoms with Gasteiger partial charge in [-0.3, -0.25) is 4.79 Å². The first kappa shape index (κ1) is 18.5. The van der Waals surface area contributed by atoms with Gasteiger partial charge in [-0.15, -0.1) is 17.9 Å². The van der Waals surface area contributed by atoms with E-state index in [0.717, 1.165) is 0 Å². The minimum Gasteiger partial charge on any atom is -0.758 e. The summed E-state index contributed by atoms with van der Waals surface area (Å²) in [6.45, 7) is 10.5. The van der Waals surface area contributed by atoms with E-state index in [0.29, 0.717) is 16.5 Å². The molecule has 0 amide bonds. The first-order valence-corrected chi connectivity index (χ1v) is 9.04. The number of aromatic nitrogens is 1. The van der Waals surface area contributed by atoms with Crippen molar-refractivity contribution in [1.29, 1.82) is 0 Å². The number of aliphatic imine (C=N–C) groups is 1. The van der Waals surface area contributed by atoms with Crippen LogP contribution in [0.1, 0.15) is 42.0 Å². The third-order valence-corrected chi connectivity index (χ3v) is 4.88. The summed E-state index contributed by atoms with van der Waals surface area (Å²) in [5.74, 6) is -0.0312. The lowest BCUT2D eigenvalue weighted by molar-refractivity contribution is -0.692. The molecule has 0 aliphatic carbocycles. The topological polar surface area (TPSA) is 33.3 Å². The van der Waals surface area contributed by atoms with Gasteiger partial charge in [0.25, 0.3) is 0 Å². The molecule has 0 radical (unpaired) electrons. The first-order valence-electron chi connectivity index (χ1n) is 7.76. The average molecular weight is 359 g/mol. The maximum Gasteiger partial charge on any atom is 0.244 e. The van der Waals surface area contributed by atoms with Gasteiger partial charge in [-0.2, -0.15) is 4.57 Å². The van der Waals surface area contributed by atoms with Gasteiger partial charge < -0.3 is 17.6 Å². The molecule has 0 unspecified atom stereocenters. The van der Waals surface area contributed by atoms with Crippen molar-refractivity contribution in [2.75, 3.05) is 6.54 Å². The van der Waals surface area contributed by atoms with Crippen LogP contribution in [0.15, 0.2) is 59.7 Å². The quantitative estimate of drug-likeness (QED) is 0.196. The van der Waals surface area contributed by atoms with Crippen molar-refractivity contribution >= 4 is 34.8 Å². The van der Waals surface area contributed by atoms with Crippen LogP contribution in [0.25, 0.3) is 0 Å². The first-order chi connectivity index (χ1) is 11.3. The fraction of sp³-hybridized carbons (Fsp3) is 0.316. The van der Waals surface area contributed by atoms with Gasteiger partial charge in [0.1, 0.15) is 0 Å². The Balaban J connectivity index is 2.42. The van der Waals surface area contributed by atoms with Crippen LogP contribution in [0.3, 0.4) is 0 Å². The van der Waals surface area contributed by atoms with Crippen LogP contribution in [0, 0.1) is 0 Å². The molecule has 5 heteroatoms. The number of carbonyl (C=O) groups is 1. The zero-order valence-corrected chi connectivity index (χ0v) is 15.9. The Kier molecular flexibility index (Phi) is 6.02. The summed E-state index contributed by atoms with van der Waals surface area (Å²) in [7, 11) is 0. The Hall–Kier alpha value is -1.85. The van der Waals surface area contributed by atoms with E-state index in [1.807, 2.05) is 46.6 Å². The molecule has 2 aromatic heterocycles. The van der Waals surface area contributed by atoms with Gasteiger partial charge in [-0.05, 0) is 27.5 Å². The molecule has 3 nitrogen and oxygen atoms in total. The molecule has 2 aromatic rings. The number of Topliss-reactive ketones (excluding diaryl/α,β-unsaturated/α-hetero) is 1. The smallest absolute Gasteiger partial charge is 0.244 e. The zero-order valence-electron chi connectivity index (χ0n) is 14.2. The number of pyridine rings is 1. The summed E-state index contributed by atoms with van der Waals surface area (Å²) in [5.41, 5.74) is 1.26. The van der Waals surface area contributed by atoms with Crippen molar-refractivity contribution in [3.8, 4) is 0 Å². The Morgan fingerprint density at radius 3 is 2.54 bits per heavy atom. The highest BCUT2D eigenvalue weighted by Crippen LogP contribution is 2.21. The maximum atomic E-state index is 12.9. The molecular formula is C19H22N2OS2. The molecule has 0 fully saturated rings. The van der Waals surface area contributed by atoms with Crippen LogP contribution in [-0.4, -0.2) is 17.4 Å². The molecule has 24 heavy (non-hydrogen) atoms. The molecule has 2 heterocycles. The highest BCUT2D eigenvalue weighted by Gasteiger charge is 2.29. The van der Waals surface area contributed by atoms with Crippen LogP contribution in [0.4, 0.5) is 0 Å². The van der Waals surface area contributed by atoms with E-state index in [2.05, 4.69) is 32.3 Å². The number of carbonyl (C=O) groups excluding carboxylic acids is 1. The zero-order chi connectivity index (χ0) is 17.7. The van der Waals surface area contributed by atoms with Crippen LogP contribution < -0.4 is 4.57 Å². The Bertz CT molecular complexity index is 726. The molecule has 2 rings (SSSR count). The Morgan fingerprint density at radius 2 is 2.04 bits per heavy atom. The van der Waals surface area contributed by atoms with Gasteiger partial charge in [0.05, 0.1) is 11.4 Å². The van der Waals surface area contributed by atoms with Crippen molar-refractivity contribution in [2.45, 2.75) is 32.2 Å². The van der Waals surface area contributed by atoms with E-state index < -0.39 is 6.04 Å². The SMILES string of the molecule is C=CCN=C([S-])[C@H](C(=O)c1cccs1)[n+]1ccc(C(C)(C)C)cc1. The molecule has 0 aliphatic rings. The second kappa shape index (κ2) is 7.81. The normalized spacial score (nSPS) is 13.5. The molecule has 0 spiro atoms. The largest absolute Gasteiger partial charge is 0.758 e. The van der Waals surface area contributed by atoms with E-state index in [1.165, 1.54) is 16.9 Å². The number of thiophene rings is 1. The van der Waals surface area contributed by atoms with Crippen molar-refractivity contribution in [3.05, 3.63) is 65.1 Å². The van der Waals surface area contributed by atoms with E-state index in [9.17, 15) is 4.79 Å². The lowest BCUT2D eigenvalue weighted by atomic mass is 9.88. The second-order valence-electron chi connectivity index (χ2n) is 6.50. The summed E-state index contributed by atoms with van der Waals surface area (Å²) in [6, 6.07) is 7.15. The standard InChI is InChI=1S/C19H22N2OS2/c1-5-10-20-18(23)16(17(22)15-7-6-13-24-15)21-11-8-14(9-12-21)19(2,3)4/h5-9,11-13,16H,1,10H2,2-4H3/t16-/m0/s1. The predicted octanol–water partition coefficient (Wildman–Crippen LogP) is 3.89.